The summed E-state index contributed by atoms with van der Waals surface area (Å²) >= 11 is 11.8. The normalized spacial score (nSPS) is 19.0. The first-order valence-corrected chi connectivity index (χ1v) is 18.5. The lowest BCUT2D eigenvalue weighted by molar-refractivity contribution is -0.126. The van der Waals surface area contributed by atoms with Gasteiger partial charge in [0.2, 0.25) is 11.6 Å². The molecule has 266 valence electrons. The summed E-state index contributed by atoms with van der Waals surface area (Å²) in [5.41, 5.74) is -3.74. The van der Waals surface area contributed by atoms with Gasteiger partial charge in [0.05, 0.1) is 22.7 Å². The highest BCUT2D eigenvalue weighted by atomic mass is 79.9. The number of fused-ring (bicyclic) bond motifs is 2. The van der Waals surface area contributed by atoms with E-state index in [1.165, 1.54) is 53.8 Å². The molecule has 8 rings (SSSR count). The van der Waals surface area contributed by atoms with Gasteiger partial charge < -0.3 is 15.4 Å². The molecule has 0 aliphatic carbocycles. The van der Waals surface area contributed by atoms with E-state index in [0.29, 0.717) is 27.4 Å². The van der Waals surface area contributed by atoms with E-state index >= 15 is 8.78 Å². The number of hydrogen-bond acceptors (Lipinski definition) is 7. The maximum Gasteiger partial charge on any atom is 0.275 e. The van der Waals surface area contributed by atoms with Crippen LogP contribution in [0.2, 0.25) is 4.34 Å². The summed E-state index contributed by atoms with van der Waals surface area (Å²) in [5, 5.41) is 7.24. The number of carbonyl (C=O) groups excluding carboxylic acids is 4. The summed E-state index contributed by atoms with van der Waals surface area (Å²) in [6, 6.07) is 26.1. The second kappa shape index (κ2) is 14.0. The molecule has 4 aromatic carbocycles. The summed E-state index contributed by atoms with van der Waals surface area (Å²) < 4.78 is 51.3. The highest BCUT2D eigenvalue weighted by Crippen LogP contribution is 2.50. The minimum atomic E-state index is -2.87. The number of rotatable bonds is 5. The van der Waals surface area contributed by atoms with Gasteiger partial charge in [0.25, 0.3) is 23.2 Å². The van der Waals surface area contributed by atoms with Crippen LogP contribution < -0.4 is 15.4 Å². The number of Topliss-reactive ketones (excluding diaryl/α,β-unsaturated/α-hetero) is 2. The van der Waals surface area contributed by atoms with Gasteiger partial charge in [-0.1, -0.05) is 90.5 Å². The molecule has 2 aliphatic rings. The number of anilines is 2. The zero-order valence-corrected chi connectivity index (χ0v) is 31.1. The Labute approximate surface area is 321 Å². The van der Waals surface area contributed by atoms with Crippen LogP contribution in [-0.4, -0.2) is 30.5 Å². The Morgan fingerprint density at radius 2 is 1.28 bits per heavy atom. The van der Waals surface area contributed by atoms with Gasteiger partial charge >= 0.3 is 0 Å². The number of ketones is 2. The molecule has 0 radical (unpaired) electrons. The van der Waals surface area contributed by atoms with Gasteiger partial charge in [-0.3, -0.25) is 19.2 Å². The molecule has 14 heteroatoms. The number of alkyl halides is 2. The number of hydrogen-bond donors (Lipinski definition) is 2. The van der Waals surface area contributed by atoms with Crippen molar-refractivity contribution in [2.45, 2.75) is 11.3 Å². The summed E-state index contributed by atoms with van der Waals surface area (Å²) in [4.78, 5) is 51.1. The van der Waals surface area contributed by atoms with Crippen LogP contribution in [0.1, 0.15) is 31.8 Å². The van der Waals surface area contributed by atoms with Crippen molar-refractivity contribution in [1.29, 1.82) is 0 Å². The van der Waals surface area contributed by atoms with Crippen LogP contribution in [0.25, 0.3) is 22.3 Å². The molecular formula is C39H23BrClF3N2O5S2. The van der Waals surface area contributed by atoms with Gasteiger partial charge in [-0.15, -0.1) is 22.7 Å². The fourth-order valence-corrected chi connectivity index (χ4v) is 8.86. The molecule has 6 aromatic rings. The lowest BCUT2D eigenvalue weighted by atomic mass is 9.83. The Morgan fingerprint density at radius 1 is 0.698 bits per heavy atom. The number of nitrogens with one attached hydrogen (secondary N) is 2. The molecule has 2 unspecified atom stereocenters. The number of thiophene rings is 2. The van der Waals surface area contributed by atoms with Crippen LogP contribution in [0.15, 0.2) is 113 Å². The van der Waals surface area contributed by atoms with Crippen LogP contribution >= 0.6 is 50.2 Å². The van der Waals surface area contributed by atoms with E-state index in [-0.39, 0.29) is 37.2 Å². The lowest BCUT2D eigenvalue weighted by Gasteiger charge is -2.28. The molecule has 2 N–H and O–H groups in total. The summed E-state index contributed by atoms with van der Waals surface area (Å²) in [7, 11) is 1.54. The van der Waals surface area contributed by atoms with Crippen LogP contribution in [-0.2, 0) is 20.9 Å². The monoisotopic (exact) mass is 834 g/mol. The number of benzene rings is 4. The van der Waals surface area contributed by atoms with Crippen molar-refractivity contribution >= 4 is 83.6 Å². The number of methoxy groups -OCH3 is 1. The largest absolute Gasteiger partial charge is 0.496 e. The van der Waals surface area contributed by atoms with Crippen LogP contribution in [0.4, 0.5) is 23.2 Å². The third-order valence-corrected chi connectivity index (χ3v) is 11.6. The van der Waals surface area contributed by atoms with Gasteiger partial charge in [0, 0.05) is 27.6 Å². The highest BCUT2D eigenvalue weighted by Gasteiger charge is 2.55. The minimum absolute atomic E-state index is 0.0173. The molecule has 2 aliphatic heterocycles. The Balaban J connectivity index is 0.000000164. The van der Waals surface area contributed by atoms with E-state index in [1.807, 2.05) is 0 Å². The minimum Gasteiger partial charge on any atom is -0.496 e. The van der Waals surface area contributed by atoms with Gasteiger partial charge in [-0.05, 0) is 51.3 Å². The average Bonchev–Trinajstić information content (AvgIpc) is 3.74. The van der Waals surface area contributed by atoms with Gasteiger partial charge in [0.1, 0.15) is 25.9 Å². The van der Waals surface area contributed by atoms with E-state index in [0.717, 1.165) is 15.8 Å². The Morgan fingerprint density at radius 3 is 1.87 bits per heavy atom. The number of halogens is 5. The Hall–Kier alpha value is -5.08. The number of amides is 2. The number of carbonyl (C=O) groups is 4. The molecule has 7 nitrogen and oxygen atoms in total. The zero-order chi connectivity index (χ0) is 37.7. The molecule has 2 amide bonds. The summed E-state index contributed by atoms with van der Waals surface area (Å²) in [6.07, 6.45) is 0. The van der Waals surface area contributed by atoms with E-state index in [4.69, 9.17) is 16.3 Å². The third-order valence-electron chi connectivity index (χ3n) is 8.73. The molecule has 0 saturated carbocycles. The van der Waals surface area contributed by atoms with Crippen molar-refractivity contribution in [3.05, 3.63) is 145 Å². The topological polar surface area (TPSA) is 102 Å². The zero-order valence-electron chi connectivity index (χ0n) is 27.1. The summed E-state index contributed by atoms with van der Waals surface area (Å²) in [5.74, 6) is -3.82. The summed E-state index contributed by atoms with van der Waals surface area (Å²) in [6.45, 7) is 0. The molecule has 4 heterocycles. The fourth-order valence-electron chi connectivity index (χ4n) is 6.11. The predicted molar refractivity (Wildman–Crippen MR) is 203 cm³/mol. The van der Waals surface area contributed by atoms with Crippen molar-refractivity contribution in [3.8, 4) is 28.0 Å². The number of ether oxygens (including phenoxy) is 1. The molecular weight excluding hydrogens is 813 g/mol. The van der Waals surface area contributed by atoms with Crippen LogP contribution in [0, 0.1) is 5.82 Å². The smallest absolute Gasteiger partial charge is 0.275 e. The highest BCUT2D eigenvalue weighted by molar-refractivity contribution is 9.10. The lowest BCUT2D eigenvalue weighted by Crippen LogP contribution is -2.47. The van der Waals surface area contributed by atoms with Gasteiger partial charge in [0.15, 0.2) is 0 Å². The first-order valence-electron chi connectivity index (χ1n) is 15.6. The first kappa shape index (κ1) is 36.3. The van der Waals surface area contributed by atoms with Crippen molar-refractivity contribution in [2.24, 2.45) is 0 Å². The van der Waals surface area contributed by atoms with E-state index in [2.05, 4.69) is 26.6 Å². The SMILES string of the molecule is COc1cc(-c2csc3c2C(=O)C(F)(c2ccccc2)C(=O)N3)ccc1Br.O=C1Nc2sc(Cl)c(-c3cccc(F)c3)c2C(=O)C1(F)c1ccccc1. The van der Waals surface area contributed by atoms with Crippen LogP contribution in [0.3, 0.4) is 0 Å². The molecule has 2 atom stereocenters. The molecule has 53 heavy (non-hydrogen) atoms. The Bertz CT molecular complexity index is 2460. The first-order chi connectivity index (χ1) is 25.4. The van der Waals surface area contributed by atoms with Crippen molar-refractivity contribution in [1.82, 2.24) is 0 Å². The van der Waals surface area contributed by atoms with E-state index < -0.39 is 40.5 Å². The Kier molecular flexibility index (Phi) is 9.62. The van der Waals surface area contributed by atoms with Crippen molar-refractivity contribution in [2.75, 3.05) is 17.7 Å². The fraction of sp³-hybridized carbons (Fsp3) is 0.0769. The van der Waals surface area contributed by atoms with Gasteiger partial charge in [-0.25, -0.2) is 13.2 Å². The third kappa shape index (κ3) is 6.07. The van der Waals surface area contributed by atoms with E-state index in [9.17, 15) is 23.6 Å². The van der Waals surface area contributed by atoms with Crippen molar-refractivity contribution < 1.29 is 37.1 Å². The molecule has 2 aromatic heterocycles. The maximum atomic E-state index is 15.8. The van der Waals surface area contributed by atoms with Gasteiger partial charge in [-0.2, -0.15) is 0 Å². The molecule has 0 fully saturated rings. The molecule has 0 saturated heterocycles. The quantitative estimate of drug-likeness (QED) is 0.169. The maximum absolute atomic E-state index is 15.8. The van der Waals surface area contributed by atoms with E-state index in [1.54, 1.807) is 73.2 Å². The average molecular weight is 836 g/mol. The predicted octanol–water partition coefficient (Wildman–Crippen LogP) is 10.4. The van der Waals surface area contributed by atoms with Crippen LogP contribution in [0.5, 0.6) is 5.75 Å². The molecule has 0 spiro atoms. The van der Waals surface area contributed by atoms with Crippen molar-refractivity contribution in [3.63, 3.8) is 0 Å². The molecule has 0 bridgehead atoms. The second-order valence-electron chi connectivity index (χ2n) is 11.8. The standard InChI is InChI=1S/C20H13BrFNO3S.C19H10ClF2NO2S/c1-26-15-9-11(7-8-14(15)21)13-10-27-18-16(13)17(24)20(22,19(25)23-18)12-5-3-2-4-6-12;20-16-13(10-5-4-8-12(21)9-10)14-15(24)19(22,11-6-2-1-3-7-11)18(25)23-17(14)26-16/h2-10H,1H3,(H,23,25);1-9H,(H,23,25). The second-order valence-corrected chi connectivity index (χ2v) is 15.1.